The van der Waals surface area contributed by atoms with Crippen LogP contribution in [0.5, 0.6) is 5.88 Å². The van der Waals surface area contributed by atoms with Crippen LogP contribution in [0.1, 0.15) is 36.7 Å². The number of ether oxygens (including phenoxy) is 1. The van der Waals surface area contributed by atoms with Gasteiger partial charge in [0, 0.05) is 12.1 Å². The summed E-state index contributed by atoms with van der Waals surface area (Å²) in [5.74, 6) is -1.10. The van der Waals surface area contributed by atoms with E-state index in [0.29, 0.717) is 18.7 Å². The molecule has 0 bridgehead atoms. The molecule has 0 amide bonds. The molecule has 0 aliphatic carbocycles. The lowest BCUT2D eigenvalue weighted by Gasteiger charge is -2.37. The summed E-state index contributed by atoms with van der Waals surface area (Å²) in [6, 6.07) is 2.20. The average molecular weight is 254 g/mol. The molecule has 1 aliphatic heterocycles. The van der Waals surface area contributed by atoms with Crippen molar-refractivity contribution in [3.05, 3.63) is 11.8 Å². The molecule has 1 N–H and O–H groups in total. The zero-order chi connectivity index (χ0) is 13.1. The lowest BCUT2D eigenvalue weighted by molar-refractivity contribution is 0.0650. The highest BCUT2D eigenvalue weighted by atomic mass is 16.5. The fraction of sp³-hybridized carbons (Fsp3) is 0.667. The van der Waals surface area contributed by atoms with Gasteiger partial charge in [0.15, 0.2) is 0 Å². The van der Waals surface area contributed by atoms with Gasteiger partial charge >= 0.3 is 5.97 Å². The van der Waals surface area contributed by atoms with E-state index in [1.54, 1.807) is 0 Å². The molecule has 6 heteroatoms. The first-order chi connectivity index (χ1) is 8.58. The van der Waals surface area contributed by atoms with Crippen LogP contribution in [0, 0.1) is 0 Å². The third-order valence-electron chi connectivity index (χ3n) is 3.55. The molecule has 0 spiro atoms. The molecular weight excluding hydrogens is 236 g/mol. The van der Waals surface area contributed by atoms with Crippen LogP contribution in [0.3, 0.4) is 0 Å². The summed E-state index contributed by atoms with van der Waals surface area (Å²) in [7, 11) is 2.09. The monoisotopic (exact) mass is 254 g/mol. The molecule has 6 nitrogen and oxygen atoms in total. The number of carbonyl (C=O) groups is 1. The second-order valence-electron chi connectivity index (χ2n) is 4.74. The Morgan fingerprint density at radius 1 is 1.67 bits per heavy atom. The van der Waals surface area contributed by atoms with E-state index < -0.39 is 5.97 Å². The lowest BCUT2D eigenvalue weighted by atomic mass is 9.98. The van der Waals surface area contributed by atoms with Crippen LogP contribution in [-0.4, -0.2) is 46.9 Å². The van der Waals surface area contributed by atoms with Crippen molar-refractivity contribution in [2.24, 2.45) is 0 Å². The second-order valence-corrected chi connectivity index (χ2v) is 4.74. The van der Waals surface area contributed by atoms with Crippen LogP contribution in [0.2, 0.25) is 0 Å². The van der Waals surface area contributed by atoms with Gasteiger partial charge in [0.05, 0.1) is 6.07 Å². The first-order valence-electron chi connectivity index (χ1n) is 6.12. The minimum absolute atomic E-state index is 0.199. The molecular formula is C12H18N2O4. The molecule has 2 heterocycles. The number of hydrogen-bond acceptors (Lipinski definition) is 5. The standard InChI is InChI=1S/C12H18N2O4/c1-8-4-3-5-9(14(8)2)7-17-11-6-10(12(15)16)18-13-11/h6,8-9H,3-5,7H2,1-2H3,(H,15,16). The normalized spacial score (nSPS) is 25.0. The number of piperidine rings is 1. The quantitative estimate of drug-likeness (QED) is 0.880. The molecule has 2 unspecified atom stereocenters. The van der Waals surface area contributed by atoms with Gasteiger partial charge in [0.2, 0.25) is 5.76 Å². The van der Waals surface area contributed by atoms with Gasteiger partial charge in [-0.2, -0.15) is 0 Å². The summed E-state index contributed by atoms with van der Waals surface area (Å²) in [4.78, 5) is 12.9. The summed E-state index contributed by atoms with van der Waals surface area (Å²) >= 11 is 0. The van der Waals surface area contributed by atoms with Gasteiger partial charge in [0.1, 0.15) is 6.61 Å². The molecule has 1 saturated heterocycles. The average Bonchev–Trinajstić information content (AvgIpc) is 2.80. The van der Waals surface area contributed by atoms with Crippen molar-refractivity contribution in [2.45, 2.75) is 38.3 Å². The Labute approximate surface area is 106 Å². The Morgan fingerprint density at radius 2 is 2.44 bits per heavy atom. The first kappa shape index (κ1) is 12.9. The molecule has 1 aromatic heterocycles. The molecule has 1 aliphatic rings. The number of carboxylic acids is 1. The minimum atomic E-state index is -1.14. The Hall–Kier alpha value is -1.56. The largest absolute Gasteiger partial charge is 0.475 e. The van der Waals surface area contributed by atoms with Crippen LogP contribution in [0.25, 0.3) is 0 Å². The van der Waals surface area contributed by atoms with Crippen molar-refractivity contribution in [3.8, 4) is 5.88 Å². The predicted octanol–water partition coefficient (Wildman–Crippen LogP) is 1.62. The van der Waals surface area contributed by atoms with Crippen LogP contribution in [0.4, 0.5) is 0 Å². The minimum Gasteiger partial charge on any atom is -0.475 e. The highest BCUT2D eigenvalue weighted by molar-refractivity contribution is 5.84. The molecule has 2 atom stereocenters. The number of hydrogen-bond donors (Lipinski definition) is 1. The fourth-order valence-electron chi connectivity index (χ4n) is 2.23. The van der Waals surface area contributed by atoms with Crippen molar-refractivity contribution >= 4 is 5.97 Å². The number of likely N-dealkylation sites (N-methyl/N-ethyl adjacent to an activating group) is 1. The van der Waals surface area contributed by atoms with Gasteiger partial charge < -0.3 is 14.4 Å². The van der Waals surface area contributed by atoms with Crippen molar-refractivity contribution in [2.75, 3.05) is 13.7 Å². The molecule has 0 saturated carbocycles. The highest BCUT2D eigenvalue weighted by Gasteiger charge is 2.25. The molecule has 100 valence electrons. The summed E-state index contributed by atoms with van der Waals surface area (Å²) < 4.78 is 10.1. The van der Waals surface area contributed by atoms with Crippen LogP contribution >= 0.6 is 0 Å². The van der Waals surface area contributed by atoms with Gasteiger partial charge in [-0.05, 0) is 32.0 Å². The van der Waals surface area contributed by atoms with Gasteiger partial charge in [-0.25, -0.2) is 4.79 Å². The number of nitrogens with zero attached hydrogens (tertiary/aromatic N) is 2. The van der Waals surface area contributed by atoms with Crippen molar-refractivity contribution in [1.29, 1.82) is 0 Å². The van der Waals surface area contributed by atoms with E-state index >= 15 is 0 Å². The molecule has 0 aromatic carbocycles. The van der Waals surface area contributed by atoms with Gasteiger partial charge in [-0.1, -0.05) is 6.42 Å². The van der Waals surface area contributed by atoms with Crippen LogP contribution in [-0.2, 0) is 0 Å². The summed E-state index contributed by atoms with van der Waals surface area (Å²) in [5, 5.41) is 12.3. The zero-order valence-corrected chi connectivity index (χ0v) is 10.6. The van der Waals surface area contributed by atoms with E-state index in [-0.39, 0.29) is 11.6 Å². The van der Waals surface area contributed by atoms with E-state index in [1.165, 1.54) is 18.9 Å². The first-order valence-corrected chi connectivity index (χ1v) is 6.12. The second kappa shape index (κ2) is 5.39. The third-order valence-corrected chi connectivity index (χ3v) is 3.55. The Bertz CT molecular complexity index is 418. The molecule has 0 radical (unpaired) electrons. The maximum Gasteiger partial charge on any atom is 0.374 e. The maximum atomic E-state index is 10.6. The van der Waals surface area contributed by atoms with Crippen LogP contribution in [0.15, 0.2) is 10.6 Å². The number of aromatic nitrogens is 1. The zero-order valence-electron chi connectivity index (χ0n) is 10.6. The topological polar surface area (TPSA) is 75.8 Å². The molecule has 18 heavy (non-hydrogen) atoms. The van der Waals surface area contributed by atoms with Gasteiger partial charge in [0.25, 0.3) is 5.88 Å². The SMILES string of the molecule is CC1CCCC(COc2cc(C(=O)O)on2)N1C. The van der Waals surface area contributed by atoms with Gasteiger partial charge in [-0.15, -0.1) is 0 Å². The molecule has 2 rings (SSSR count). The number of likely N-dealkylation sites (tertiary alicyclic amines) is 1. The number of carboxylic acid groups (broad SMARTS) is 1. The van der Waals surface area contributed by atoms with E-state index in [4.69, 9.17) is 9.84 Å². The van der Waals surface area contributed by atoms with Crippen molar-refractivity contribution in [3.63, 3.8) is 0 Å². The Balaban J connectivity index is 1.88. The Morgan fingerprint density at radius 3 is 3.11 bits per heavy atom. The highest BCUT2D eigenvalue weighted by Crippen LogP contribution is 2.21. The van der Waals surface area contributed by atoms with E-state index in [2.05, 4.69) is 28.6 Å². The smallest absolute Gasteiger partial charge is 0.374 e. The molecule has 1 aromatic rings. The predicted molar refractivity (Wildman–Crippen MR) is 63.8 cm³/mol. The van der Waals surface area contributed by atoms with E-state index in [9.17, 15) is 4.79 Å². The van der Waals surface area contributed by atoms with E-state index in [1.807, 2.05) is 0 Å². The van der Waals surface area contributed by atoms with Crippen LogP contribution < -0.4 is 4.74 Å². The Kier molecular flexibility index (Phi) is 3.86. The fourth-order valence-corrected chi connectivity index (χ4v) is 2.23. The van der Waals surface area contributed by atoms with Crippen molar-refractivity contribution in [1.82, 2.24) is 10.1 Å². The van der Waals surface area contributed by atoms with Gasteiger partial charge in [-0.3, -0.25) is 4.90 Å². The number of rotatable bonds is 4. The van der Waals surface area contributed by atoms with E-state index in [0.717, 1.165) is 6.42 Å². The maximum absolute atomic E-state index is 10.6. The summed E-state index contributed by atoms with van der Waals surface area (Å²) in [5.41, 5.74) is 0. The van der Waals surface area contributed by atoms with Crippen molar-refractivity contribution < 1.29 is 19.2 Å². The third kappa shape index (κ3) is 2.81. The summed E-state index contributed by atoms with van der Waals surface area (Å²) in [6.45, 7) is 2.71. The number of aromatic carboxylic acids is 1. The summed E-state index contributed by atoms with van der Waals surface area (Å²) in [6.07, 6.45) is 3.49. The lowest BCUT2D eigenvalue weighted by Crippen LogP contribution is -2.45. The molecule has 1 fully saturated rings.